The molecule has 0 fully saturated rings. The molecule has 36 heavy (non-hydrogen) atoms. The lowest BCUT2D eigenvalue weighted by molar-refractivity contribution is -0.143. The van der Waals surface area contributed by atoms with Crippen molar-refractivity contribution in [1.82, 2.24) is 15.3 Å². The van der Waals surface area contributed by atoms with Crippen LogP contribution in [-0.2, 0) is 9.59 Å². The molecule has 0 radical (unpaired) electrons. The smallest absolute Gasteiger partial charge is 0.326 e. The van der Waals surface area contributed by atoms with Crippen molar-refractivity contribution in [1.29, 1.82) is 0 Å². The van der Waals surface area contributed by atoms with Crippen molar-refractivity contribution in [3.63, 3.8) is 0 Å². The second-order valence-corrected chi connectivity index (χ2v) is 8.26. The third-order valence-electron chi connectivity index (χ3n) is 5.84. The Morgan fingerprint density at radius 1 is 1.22 bits per heavy atom. The molecule has 2 bridgehead atoms. The average molecular weight is 493 g/mol. The van der Waals surface area contributed by atoms with Crippen molar-refractivity contribution in [2.45, 2.75) is 18.9 Å². The van der Waals surface area contributed by atoms with E-state index in [1.807, 2.05) is 16.0 Å². The van der Waals surface area contributed by atoms with Crippen LogP contribution >= 0.6 is 0 Å². The Morgan fingerprint density at radius 3 is 2.58 bits per heavy atom. The largest absolute Gasteiger partial charge is 0.481 e. The van der Waals surface area contributed by atoms with Crippen LogP contribution in [0.2, 0.25) is 0 Å². The molecule has 2 atom stereocenters. The Morgan fingerprint density at radius 2 is 1.94 bits per heavy atom. The number of nitrogens with zero attached hydrogens (tertiary/aromatic N) is 3. The zero-order chi connectivity index (χ0) is 26.0. The topological polar surface area (TPSA) is 194 Å². The number of hydrogen-bond donors (Lipinski definition) is 6. The summed E-state index contributed by atoms with van der Waals surface area (Å²) in [5, 5.41) is 24.2. The maximum atomic E-state index is 12.6. The molecular weight excluding hydrogens is 470 g/mol. The molecule has 2 aliphatic heterocycles. The van der Waals surface area contributed by atoms with Gasteiger partial charge < -0.3 is 36.4 Å². The lowest BCUT2D eigenvalue weighted by atomic mass is 9.96. The summed E-state index contributed by atoms with van der Waals surface area (Å²) in [6.07, 6.45) is 6.53. The minimum Gasteiger partial charge on any atom is -0.481 e. The first kappa shape index (κ1) is 24.1. The molecule has 13 heteroatoms. The van der Waals surface area contributed by atoms with Gasteiger partial charge in [-0.3, -0.25) is 19.4 Å². The van der Waals surface area contributed by atoms with Crippen LogP contribution in [-0.4, -0.2) is 57.3 Å². The number of nitrogens with two attached hydrogens (primary N) is 1. The van der Waals surface area contributed by atoms with Crippen LogP contribution in [0.15, 0.2) is 41.0 Å². The summed E-state index contributed by atoms with van der Waals surface area (Å²) in [7, 11) is 0. The molecule has 4 rings (SSSR count). The lowest BCUT2D eigenvalue weighted by Gasteiger charge is -2.20. The summed E-state index contributed by atoms with van der Waals surface area (Å²) in [5.41, 5.74) is 7.45. The van der Waals surface area contributed by atoms with Gasteiger partial charge in [0.05, 0.1) is 18.2 Å². The quantitative estimate of drug-likeness (QED) is 0.248. The van der Waals surface area contributed by atoms with Gasteiger partial charge in [0, 0.05) is 23.9 Å². The van der Waals surface area contributed by atoms with Crippen LogP contribution in [0.3, 0.4) is 0 Å². The normalized spacial score (nSPS) is 14.9. The van der Waals surface area contributed by atoms with Crippen LogP contribution in [0.1, 0.15) is 23.2 Å². The maximum Gasteiger partial charge on any atom is 0.326 e. The number of carbonyl (C=O) groups excluding carboxylic acids is 1. The Hall–Kier alpha value is -4.99. The van der Waals surface area contributed by atoms with Gasteiger partial charge in [0.1, 0.15) is 12.7 Å². The standard InChI is InChI=1S/C23H23N7O6/c1-2-3-13(21(33)34)8-16(22(35)36)26-19(31)12-4-6-14(7-5-12)25-9-15-10-29-11-30(15)17-18(29)27-23(24)28-20(17)32/h1,4-7,10,13,16,25H,3,8-9,11H2,(H,26,31)(H,33,34)(H,35,36)(H3,24,27,28,32)/t13?,16-/m0/s1. The lowest BCUT2D eigenvalue weighted by Crippen LogP contribution is -2.43. The van der Waals surface area contributed by atoms with Gasteiger partial charge in [-0.1, -0.05) is 0 Å². The van der Waals surface area contributed by atoms with Crippen molar-refractivity contribution in [2.24, 2.45) is 5.92 Å². The number of rotatable bonds is 10. The third kappa shape index (κ3) is 4.78. The number of hydrogen-bond acceptors (Lipinski definition) is 9. The monoisotopic (exact) mass is 493 g/mol. The van der Waals surface area contributed by atoms with Gasteiger partial charge in [0.2, 0.25) is 5.95 Å². The molecule has 0 saturated heterocycles. The van der Waals surface area contributed by atoms with Crippen molar-refractivity contribution >= 4 is 41.0 Å². The number of aliphatic carboxylic acids is 2. The van der Waals surface area contributed by atoms with Crippen LogP contribution in [0.4, 0.5) is 23.1 Å². The van der Waals surface area contributed by atoms with E-state index >= 15 is 0 Å². The van der Waals surface area contributed by atoms with Crippen LogP contribution in [0, 0.1) is 18.3 Å². The number of carbonyl (C=O) groups is 3. The van der Waals surface area contributed by atoms with Gasteiger partial charge in [-0.25, -0.2) is 4.79 Å². The molecule has 0 aliphatic carbocycles. The second-order valence-electron chi connectivity index (χ2n) is 8.26. The highest BCUT2D eigenvalue weighted by Crippen LogP contribution is 2.38. The van der Waals surface area contributed by atoms with E-state index in [0.29, 0.717) is 30.4 Å². The molecule has 13 nitrogen and oxygen atoms in total. The van der Waals surface area contributed by atoms with E-state index in [9.17, 15) is 29.4 Å². The molecule has 2 aromatic rings. The zero-order valence-corrected chi connectivity index (χ0v) is 18.9. The zero-order valence-electron chi connectivity index (χ0n) is 18.9. The SMILES string of the molecule is C#CCC(C[C@H](NC(=O)c1ccc(NCC2=CN3CN2c2c3nc(N)[nH]c2=O)cc1)C(=O)O)C(=O)O. The van der Waals surface area contributed by atoms with Crippen molar-refractivity contribution < 1.29 is 24.6 Å². The van der Waals surface area contributed by atoms with E-state index < -0.39 is 29.8 Å². The number of nitrogen functional groups attached to an aromatic ring is 1. The van der Waals surface area contributed by atoms with E-state index in [0.717, 1.165) is 5.70 Å². The van der Waals surface area contributed by atoms with E-state index in [-0.39, 0.29) is 29.9 Å². The van der Waals surface area contributed by atoms with Crippen LogP contribution in [0.25, 0.3) is 0 Å². The molecular formula is C23H23N7O6. The number of carboxylic acids is 2. The fourth-order valence-corrected chi connectivity index (χ4v) is 4.03. The molecule has 1 amide bonds. The highest BCUT2D eigenvalue weighted by Gasteiger charge is 2.37. The fraction of sp³-hybridized carbons (Fsp3) is 0.261. The number of carboxylic acid groups (broad SMARTS) is 2. The number of aromatic nitrogens is 2. The van der Waals surface area contributed by atoms with E-state index in [1.54, 1.807) is 12.1 Å². The maximum absolute atomic E-state index is 12.6. The van der Waals surface area contributed by atoms with Gasteiger partial charge >= 0.3 is 11.9 Å². The Labute approximate surface area is 204 Å². The first-order valence-corrected chi connectivity index (χ1v) is 10.9. The van der Waals surface area contributed by atoms with Crippen molar-refractivity contribution in [2.75, 3.05) is 34.1 Å². The van der Waals surface area contributed by atoms with Crippen molar-refractivity contribution in [3.8, 4) is 12.3 Å². The minimum absolute atomic E-state index is 0.0497. The third-order valence-corrected chi connectivity index (χ3v) is 5.84. The van der Waals surface area contributed by atoms with Gasteiger partial charge in [-0.05, 0) is 30.7 Å². The second kappa shape index (κ2) is 9.71. The average Bonchev–Trinajstić information content (AvgIpc) is 3.40. The number of amides is 1. The number of H-pyrrole nitrogens is 1. The number of aromatic amines is 1. The summed E-state index contributed by atoms with van der Waals surface area (Å²) >= 11 is 0. The number of terminal acetylenes is 1. The predicted octanol–water partition coefficient (Wildman–Crippen LogP) is 0.200. The Balaban J connectivity index is 1.36. The van der Waals surface area contributed by atoms with Gasteiger partial charge in [-0.2, -0.15) is 4.98 Å². The number of fused-ring (bicyclic) bond motifs is 5. The summed E-state index contributed by atoms with van der Waals surface area (Å²) in [6.45, 7) is 0.845. The van der Waals surface area contributed by atoms with E-state index in [2.05, 4.69) is 26.5 Å². The summed E-state index contributed by atoms with van der Waals surface area (Å²) in [4.78, 5) is 58.0. The predicted molar refractivity (Wildman–Crippen MR) is 130 cm³/mol. The summed E-state index contributed by atoms with van der Waals surface area (Å²) < 4.78 is 0. The van der Waals surface area contributed by atoms with Crippen LogP contribution < -0.4 is 31.7 Å². The fourth-order valence-electron chi connectivity index (χ4n) is 4.03. The highest BCUT2D eigenvalue weighted by molar-refractivity contribution is 5.97. The molecule has 1 unspecified atom stereocenters. The number of nitrogens with one attached hydrogen (secondary N) is 3. The number of benzene rings is 1. The molecule has 186 valence electrons. The molecule has 3 heterocycles. The van der Waals surface area contributed by atoms with Gasteiger partial charge in [-0.15, -0.1) is 12.3 Å². The molecule has 7 N–H and O–H groups in total. The van der Waals surface area contributed by atoms with Crippen molar-refractivity contribution in [3.05, 3.63) is 52.1 Å². The minimum atomic E-state index is -1.41. The molecule has 1 aromatic heterocycles. The highest BCUT2D eigenvalue weighted by atomic mass is 16.4. The van der Waals surface area contributed by atoms with E-state index in [4.69, 9.17) is 12.2 Å². The van der Waals surface area contributed by atoms with Crippen LogP contribution in [0.5, 0.6) is 0 Å². The first-order chi connectivity index (χ1) is 17.2. The molecule has 1 aromatic carbocycles. The Kier molecular flexibility index (Phi) is 6.51. The Bertz CT molecular complexity index is 1340. The number of anilines is 4. The molecule has 0 saturated carbocycles. The first-order valence-electron chi connectivity index (χ1n) is 10.9. The van der Waals surface area contributed by atoms with Gasteiger partial charge in [0.25, 0.3) is 11.5 Å². The summed E-state index contributed by atoms with van der Waals surface area (Å²) in [5.74, 6) is -1.57. The molecule has 0 spiro atoms. The van der Waals surface area contributed by atoms with E-state index in [1.165, 1.54) is 12.1 Å². The van der Waals surface area contributed by atoms with Gasteiger partial charge in [0.15, 0.2) is 11.5 Å². The molecule has 2 aliphatic rings. The summed E-state index contributed by atoms with van der Waals surface area (Å²) in [6, 6.07) is 4.91.